The van der Waals surface area contributed by atoms with Gasteiger partial charge < -0.3 is 14.8 Å². The van der Waals surface area contributed by atoms with Gasteiger partial charge in [-0.1, -0.05) is 31.2 Å². The van der Waals surface area contributed by atoms with Crippen molar-refractivity contribution in [2.24, 2.45) is 10.9 Å². The third kappa shape index (κ3) is 4.31. The molecule has 1 fully saturated rings. The van der Waals surface area contributed by atoms with Crippen molar-refractivity contribution in [1.29, 1.82) is 0 Å². The van der Waals surface area contributed by atoms with Crippen LogP contribution < -0.4 is 5.32 Å². The highest BCUT2D eigenvalue weighted by atomic mass is 127. The van der Waals surface area contributed by atoms with Crippen molar-refractivity contribution in [3.05, 3.63) is 54.1 Å². The van der Waals surface area contributed by atoms with Gasteiger partial charge in [0.25, 0.3) is 0 Å². The van der Waals surface area contributed by atoms with E-state index in [0.717, 1.165) is 38.6 Å². The zero-order chi connectivity index (χ0) is 17.9. The number of piperidine rings is 1. The molecule has 0 bridgehead atoms. The fourth-order valence-electron chi connectivity index (χ4n) is 4.24. The van der Waals surface area contributed by atoms with Crippen molar-refractivity contribution < 1.29 is 0 Å². The first-order chi connectivity index (χ1) is 12.8. The molecule has 0 saturated carbocycles. The highest BCUT2D eigenvalue weighted by Crippen LogP contribution is 2.35. The Balaban J connectivity index is 0.00000210. The van der Waals surface area contributed by atoms with Gasteiger partial charge in [-0.2, -0.15) is 0 Å². The Labute approximate surface area is 179 Å². The van der Waals surface area contributed by atoms with E-state index in [1.165, 1.54) is 17.5 Å². The maximum absolute atomic E-state index is 5.01. The summed E-state index contributed by atoms with van der Waals surface area (Å²) in [5, 5.41) is 3.51. The van der Waals surface area contributed by atoms with Crippen molar-refractivity contribution in [2.45, 2.75) is 38.6 Å². The smallest absolute Gasteiger partial charge is 0.194 e. The van der Waals surface area contributed by atoms with Crippen LogP contribution in [0.1, 0.15) is 43.4 Å². The highest BCUT2D eigenvalue weighted by molar-refractivity contribution is 14.0. The largest absolute Gasteiger partial charge is 0.357 e. The second kappa shape index (κ2) is 9.08. The molecule has 4 rings (SSSR count). The van der Waals surface area contributed by atoms with Gasteiger partial charge in [-0.25, -0.2) is 4.98 Å². The first-order valence-corrected chi connectivity index (χ1v) is 9.84. The van der Waals surface area contributed by atoms with Gasteiger partial charge in [-0.05, 0) is 36.8 Å². The molecule has 1 aromatic heterocycles. The lowest BCUT2D eigenvalue weighted by atomic mass is 9.78. The third-order valence-electron chi connectivity index (χ3n) is 5.88. The van der Waals surface area contributed by atoms with Crippen LogP contribution in [0.3, 0.4) is 0 Å². The van der Waals surface area contributed by atoms with E-state index in [-0.39, 0.29) is 24.0 Å². The number of rotatable bonds is 4. The maximum Gasteiger partial charge on any atom is 0.194 e. The number of nitrogens with zero attached hydrogens (tertiary/aromatic N) is 4. The van der Waals surface area contributed by atoms with Crippen LogP contribution in [0.15, 0.2) is 48.0 Å². The van der Waals surface area contributed by atoms with Crippen molar-refractivity contribution in [3.63, 3.8) is 0 Å². The van der Waals surface area contributed by atoms with Gasteiger partial charge in [0.2, 0.25) is 0 Å². The number of aliphatic imine (C=N–C) groups is 1. The van der Waals surface area contributed by atoms with E-state index >= 15 is 0 Å². The van der Waals surface area contributed by atoms with Crippen molar-refractivity contribution >= 4 is 29.9 Å². The van der Waals surface area contributed by atoms with Gasteiger partial charge >= 0.3 is 0 Å². The van der Waals surface area contributed by atoms with Gasteiger partial charge in [-0.15, -0.1) is 24.0 Å². The molecule has 5 nitrogen and oxygen atoms in total. The molecule has 1 N–H and O–H groups in total. The number of fused-ring (bicyclic) bond motifs is 1. The summed E-state index contributed by atoms with van der Waals surface area (Å²) >= 11 is 0. The van der Waals surface area contributed by atoms with Crippen molar-refractivity contribution in [3.8, 4) is 0 Å². The van der Waals surface area contributed by atoms with Crippen LogP contribution in [-0.2, 0) is 6.42 Å². The van der Waals surface area contributed by atoms with Crippen LogP contribution in [0.4, 0.5) is 0 Å². The van der Waals surface area contributed by atoms with Gasteiger partial charge in [0.05, 0.1) is 12.4 Å². The van der Waals surface area contributed by atoms with Crippen LogP contribution in [0.5, 0.6) is 0 Å². The summed E-state index contributed by atoms with van der Waals surface area (Å²) in [6, 6.07) is 9.22. The Morgan fingerprint density at radius 3 is 2.93 bits per heavy atom. The van der Waals surface area contributed by atoms with E-state index in [1.54, 1.807) is 0 Å². The Morgan fingerprint density at radius 1 is 1.33 bits per heavy atom. The second-order valence-electron chi connectivity index (χ2n) is 7.58. The molecule has 0 spiro atoms. The molecule has 27 heavy (non-hydrogen) atoms. The molecule has 6 heteroatoms. The quantitative estimate of drug-likeness (QED) is 0.414. The SMILES string of the molecule is CCNC(=NCC1Cc2ccccc21)N1CCC(C)C(n2ccnc2)C1.I. The molecule has 1 aromatic carbocycles. The number of hydrogen-bond donors (Lipinski definition) is 1. The Hall–Kier alpha value is -1.57. The average molecular weight is 479 g/mol. The summed E-state index contributed by atoms with van der Waals surface area (Å²) in [5.74, 6) is 2.30. The summed E-state index contributed by atoms with van der Waals surface area (Å²) in [4.78, 5) is 11.7. The first kappa shape index (κ1) is 20.2. The highest BCUT2D eigenvalue weighted by Gasteiger charge is 2.30. The monoisotopic (exact) mass is 479 g/mol. The van der Waals surface area contributed by atoms with E-state index in [2.05, 4.69) is 64.1 Å². The molecular formula is C21H30IN5. The molecule has 146 valence electrons. The lowest BCUT2D eigenvalue weighted by Gasteiger charge is -2.39. The predicted molar refractivity (Wildman–Crippen MR) is 121 cm³/mol. The molecule has 3 unspecified atom stereocenters. The number of benzene rings is 1. The average Bonchev–Trinajstić information content (AvgIpc) is 3.16. The molecule has 2 heterocycles. The number of hydrogen-bond acceptors (Lipinski definition) is 2. The predicted octanol–water partition coefficient (Wildman–Crippen LogP) is 3.69. The topological polar surface area (TPSA) is 45.5 Å². The second-order valence-corrected chi connectivity index (χ2v) is 7.58. The molecule has 1 saturated heterocycles. The van der Waals surface area contributed by atoms with E-state index in [1.807, 2.05) is 12.5 Å². The fourth-order valence-corrected chi connectivity index (χ4v) is 4.24. The number of halogens is 1. The molecule has 0 amide bonds. The van der Waals surface area contributed by atoms with Gasteiger partial charge in [0, 0.05) is 44.5 Å². The minimum Gasteiger partial charge on any atom is -0.357 e. The number of guanidine groups is 1. The van der Waals surface area contributed by atoms with Gasteiger partial charge in [0.15, 0.2) is 5.96 Å². The number of nitrogens with one attached hydrogen (secondary N) is 1. The summed E-state index contributed by atoms with van der Waals surface area (Å²) in [5.41, 5.74) is 2.97. The first-order valence-electron chi connectivity index (χ1n) is 9.84. The molecule has 0 radical (unpaired) electrons. The molecule has 3 atom stereocenters. The normalized spacial score (nSPS) is 24.6. The molecule has 2 aromatic rings. The van der Waals surface area contributed by atoms with Crippen LogP contribution in [-0.4, -0.2) is 46.6 Å². The summed E-state index contributed by atoms with van der Waals surface area (Å²) in [6.45, 7) is 8.33. The van der Waals surface area contributed by atoms with E-state index in [0.29, 0.717) is 17.9 Å². The zero-order valence-electron chi connectivity index (χ0n) is 16.2. The molecule has 2 aliphatic rings. The lowest BCUT2D eigenvalue weighted by molar-refractivity contribution is 0.189. The zero-order valence-corrected chi connectivity index (χ0v) is 18.5. The minimum atomic E-state index is 0. The summed E-state index contributed by atoms with van der Waals surface area (Å²) in [6.07, 6.45) is 8.24. The van der Waals surface area contributed by atoms with Crippen LogP contribution in [0.2, 0.25) is 0 Å². The summed E-state index contributed by atoms with van der Waals surface area (Å²) < 4.78 is 2.25. The van der Waals surface area contributed by atoms with Crippen LogP contribution in [0.25, 0.3) is 0 Å². The lowest BCUT2D eigenvalue weighted by Crippen LogP contribution is -2.49. The summed E-state index contributed by atoms with van der Waals surface area (Å²) in [7, 11) is 0. The van der Waals surface area contributed by atoms with Crippen LogP contribution >= 0.6 is 24.0 Å². The number of likely N-dealkylation sites (tertiary alicyclic amines) is 1. The van der Waals surface area contributed by atoms with E-state index in [4.69, 9.17) is 4.99 Å². The van der Waals surface area contributed by atoms with E-state index < -0.39 is 0 Å². The Bertz CT molecular complexity index is 758. The minimum absolute atomic E-state index is 0. The Kier molecular flexibility index (Phi) is 6.78. The van der Waals surface area contributed by atoms with Gasteiger partial charge in [-0.3, -0.25) is 4.99 Å². The molecule has 1 aliphatic carbocycles. The van der Waals surface area contributed by atoms with Crippen molar-refractivity contribution in [1.82, 2.24) is 19.8 Å². The third-order valence-corrected chi connectivity index (χ3v) is 5.88. The van der Waals surface area contributed by atoms with Crippen molar-refractivity contribution in [2.75, 3.05) is 26.2 Å². The number of imidazole rings is 1. The standard InChI is InChI=1S/C21H29N5.HI/c1-3-23-21(24-13-18-12-17-6-4-5-7-19(17)18)25-10-8-16(2)20(14-25)26-11-9-22-15-26;/h4-7,9,11,15-16,18,20H,3,8,10,12-14H2,1-2H3,(H,23,24);1H. The van der Waals surface area contributed by atoms with Crippen LogP contribution in [0, 0.1) is 5.92 Å². The van der Waals surface area contributed by atoms with Gasteiger partial charge in [0.1, 0.15) is 0 Å². The fraction of sp³-hybridized carbons (Fsp3) is 0.524. The molecule has 1 aliphatic heterocycles. The van der Waals surface area contributed by atoms with E-state index in [9.17, 15) is 0 Å². The molecular weight excluding hydrogens is 449 g/mol. The maximum atomic E-state index is 5.01. The number of aromatic nitrogens is 2. The Morgan fingerprint density at radius 2 is 2.19 bits per heavy atom.